The largest absolute Gasteiger partial charge is 0.381 e. The molecule has 0 radical (unpaired) electrons. The maximum Gasteiger partial charge on any atom is 0.230 e. The molecule has 0 spiro atoms. The van der Waals surface area contributed by atoms with Crippen molar-refractivity contribution in [2.45, 2.75) is 12.8 Å². The van der Waals surface area contributed by atoms with Gasteiger partial charge in [-0.1, -0.05) is 0 Å². The lowest BCUT2D eigenvalue weighted by atomic mass is 10.0. The summed E-state index contributed by atoms with van der Waals surface area (Å²) >= 11 is 0. The molecule has 0 saturated carbocycles. The van der Waals surface area contributed by atoms with E-state index in [1.807, 2.05) is 0 Å². The van der Waals surface area contributed by atoms with Gasteiger partial charge in [-0.25, -0.2) is 0 Å². The summed E-state index contributed by atoms with van der Waals surface area (Å²) in [4.78, 5) is 9.48. The van der Waals surface area contributed by atoms with Crippen LogP contribution in [-0.4, -0.2) is 18.1 Å². The Morgan fingerprint density at radius 2 is 2.45 bits per heavy atom. The van der Waals surface area contributed by atoms with Gasteiger partial charge in [0.15, 0.2) is 0 Å². The topological polar surface area (TPSA) is 52.4 Å². The van der Waals surface area contributed by atoms with Crippen molar-refractivity contribution in [3.63, 3.8) is 0 Å². The number of nitro groups is 1. The maximum atomic E-state index is 9.92. The summed E-state index contributed by atoms with van der Waals surface area (Å²) in [6.07, 6.45) is 4.62. The van der Waals surface area contributed by atoms with Crippen LogP contribution in [0.4, 0.5) is 0 Å². The lowest BCUT2D eigenvalue weighted by Crippen LogP contribution is -2.15. The highest BCUT2D eigenvalue weighted by atomic mass is 16.6. The van der Waals surface area contributed by atoms with Crippen LogP contribution in [0.5, 0.6) is 0 Å². The van der Waals surface area contributed by atoms with Crippen LogP contribution in [0.15, 0.2) is 12.3 Å². The summed E-state index contributed by atoms with van der Waals surface area (Å²) < 4.78 is 5.14. The first-order valence-electron chi connectivity index (χ1n) is 3.68. The summed E-state index contributed by atoms with van der Waals surface area (Å²) in [5.74, 6) is 0.245. The van der Waals surface area contributed by atoms with Crippen LogP contribution < -0.4 is 0 Å². The van der Waals surface area contributed by atoms with Gasteiger partial charge >= 0.3 is 0 Å². The molecule has 0 aromatic heterocycles. The van der Waals surface area contributed by atoms with E-state index in [2.05, 4.69) is 0 Å². The van der Waals surface area contributed by atoms with Gasteiger partial charge in [0.05, 0.1) is 11.5 Å². The van der Waals surface area contributed by atoms with Crippen molar-refractivity contribution >= 4 is 0 Å². The second-order valence-electron chi connectivity index (χ2n) is 2.60. The third-order valence-electron chi connectivity index (χ3n) is 1.68. The third-order valence-corrected chi connectivity index (χ3v) is 1.68. The highest BCUT2D eigenvalue weighted by molar-refractivity contribution is 4.83. The Morgan fingerprint density at radius 1 is 1.64 bits per heavy atom. The van der Waals surface area contributed by atoms with Crippen molar-refractivity contribution in [3.05, 3.63) is 22.4 Å². The number of nitrogens with zero attached hydrogens (tertiary/aromatic N) is 1. The van der Waals surface area contributed by atoms with E-state index >= 15 is 0 Å². The van der Waals surface area contributed by atoms with E-state index in [0.717, 1.165) is 25.6 Å². The highest BCUT2D eigenvalue weighted by Gasteiger charge is 2.11. The SMILES string of the molecule is O=[N+]([O-])/C=C/[C@@H]1CCCOC1. The van der Waals surface area contributed by atoms with Crippen molar-refractivity contribution in [2.24, 2.45) is 5.92 Å². The van der Waals surface area contributed by atoms with Crippen LogP contribution >= 0.6 is 0 Å². The average Bonchev–Trinajstić information content (AvgIpc) is 2.03. The van der Waals surface area contributed by atoms with Crippen LogP contribution in [0, 0.1) is 16.0 Å². The van der Waals surface area contributed by atoms with Gasteiger partial charge in [-0.15, -0.1) is 0 Å². The van der Waals surface area contributed by atoms with Crippen molar-refractivity contribution in [3.8, 4) is 0 Å². The number of ether oxygens (including phenoxy) is 1. The summed E-state index contributed by atoms with van der Waals surface area (Å²) in [6.45, 7) is 1.42. The number of rotatable bonds is 2. The second-order valence-corrected chi connectivity index (χ2v) is 2.60. The first-order chi connectivity index (χ1) is 5.29. The van der Waals surface area contributed by atoms with Crippen molar-refractivity contribution < 1.29 is 9.66 Å². The summed E-state index contributed by atoms with van der Waals surface area (Å²) in [7, 11) is 0. The molecule has 4 nitrogen and oxygen atoms in total. The average molecular weight is 157 g/mol. The first-order valence-corrected chi connectivity index (χ1v) is 3.68. The minimum Gasteiger partial charge on any atom is -0.381 e. The van der Waals surface area contributed by atoms with E-state index in [-0.39, 0.29) is 5.92 Å². The molecule has 0 amide bonds. The zero-order valence-electron chi connectivity index (χ0n) is 6.23. The fourth-order valence-electron chi connectivity index (χ4n) is 1.11. The fourth-order valence-corrected chi connectivity index (χ4v) is 1.11. The zero-order valence-corrected chi connectivity index (χ0v) is 6.23. The first kappa shape index (κ1) is 8.20. The summed E-state index contributed by atoms with van der Waals surface area (Å²) in [6, 6.07) is 0. The molecule has 0 aromatic rings. The molecular weight excluding hydrogens is 146 g/mol. The minimum atomic E-state index is -0.436. The molecule has 1 rings (SSSR count). The molecule has 1 fully saturated rings. The molecule has 62 valence electrons. The van der Waals surface area contributed by atoms with E-state index in [1.54, 1.807) is 6.08 Å². The van der Waals surface area contributed by atoms with Crippen LogP contribution in [-0.2, 0) is 4.74 Å². The number of hydrogen-bond acceptors (Lipinski definition) is 3. The molecule has 1 aliphatic rings. The minimum absolute atomic E-state index is 0.245. The molecule has 1 heterocycles. The molecule has 0 aromatic carbocycles. The molecule has 4 heteroatoms. The molecular formula is C7H11NO3. The van der Waals surface area contributed by atoms with Gasteiger partial charge in [0.2, 0.25) is 6.20 Å². The molecule has 1 saturated heterocycles. The quantitative estimate of drug-likeness (QED) is 0.447. The zero-order chi connectivity index (χ0) is 8.10. The van der Waals surface area contributed by atoms with Crippen molar-refractivity contribution in [1.82, 2.24) is 0 Å². The van der Waals surface area contributed by atoms with Gasteiger partial charge in [-0.3, -0.25) is 10.1 Å². The highest BCUT2D eigenvalue weighted by Crippen LogP contribution is 2.14. The van der Waals surface area contributed by atoms with E-state index in [9.17, 15) is 10.1 Å². The Labute approximate surface area is 65.0 Å². The second kappa shape index (κ2) is 4.08. The van der Waals surface area contributed by atoms with Gasteiger partial charge in [-0.2, -0.15) is 0 Å². The van der Waals surface area contributed by atoms with E-state index in [1.165, 1.54) is 0 Å². The lowest BCUT2D eigenvalue weighted by molar-refractivity contribution is -0.402. The fraction of sp³-hybridized carbons (Fsp3) is 0.714. The van der Waals surface area contributed by atoms with Crippen molar-refractivity contribution in [1.29, 1.82) is 0 Å². The van der Waals surface area contributed by atoms with Gasteiger partial charge < -0.3 is 4.74 Å². The number of hydrogen-bond donors (Lipinski definition) is 0. The van der Waals surface area contributed by atoms with Crippen LogP contribution in [0.1, 0.15) is 12.8 Å². The molecule has 0 N–H and O–H groups in total. The third kappa shape index (κ3) is 3.13. The van der Waals surface area contributed by atoms with Gasteiger partial charge in [0.25, 0.3) is 0 Å². The van der Waals surface area contributed by atoms with Gasteiger partial charge in [-0.05, 0) is 18.9 Å². The summed E-state index contributed by atoms with van der Waals surface area (Å²) in [5.41, 5.74) is 0. The van der Waals surface area contributed by atoms with Gasteiger partial charge in [0.1, 0.15) is 0 Å². The monoisotopic (exact) mass is 157 g/mol. The van der Waals surface area contributed by atoms with Crippen LogP contribution in [0.3, 0.4) is 0 Å². The van der Waals surface area contributed by atoms with Crippen molar-refractivity contribution in [2.75, 3.05) is 13.2 Å². The Balaban J connectivity index is 2.29. The van der Waals surface area contributed by atoms with E-state index in [4.69, 9.17) is 4.74 Å². The van der Waals surface area contributed by atoms with E-state index in [0.29, 0.717) is 6.61 Å². The maximum absolute atomic E-state index is 9.92. The molecule has 1 aliphatic heterocycles. The van der Waals surface area contributed by atoms with Gasteiger partial charge in [0, 0.05) is 12.5 Å². The van der Waals surface area contributed by atoms with E-state index < -0.39 is 4.92 Å². The molecule has 0 bridgehead atoms. The lowest BCUT2D eigenvalue weighted by Gasteiger charge is -2.17. The Kier molecular flexibility index (Phi) is 3.04. The normalized spacial score (nSPS) is 25.6. The molecule has 11 heavy (non-hydrogen) atoms. The predicted molar refractivity (Wildman–Crippen MR) is 39.7 cm³/mol. The Hall–Kier alpha value is -0.900. The smallest absolute Gasteiger partial charge is 0.230 e. The summed E-state index contributed by atoms with van der Waals surface area (Å²) in [5, 5.41) is 9.92. The molecule has 0 unspecified atom stereocenters. The van der Waals surface area contributed by atoms with Crippen LogP contribution in [0.2, 0.25) is 0 Å². The molecule has 0 aliphatic carbocycles. The Bertz CT molecular complexity index is 161. The predicted octanol–water partition coefficient (Wildman–Crippen LogP) is 1.20. The van der Waals surface area contributed by atoms with Crippen LogP contribution in [0.25, 0.3) is 0 Å². The Morgan fingerprint density at radius 3 is 3.00 bits per heavy atom. The standard InChI is InChI=1S/C7H11NO3/c9-8(10)4-3-7-2-1-5-11-6-7/h3-4,7H,1-2,5-6H2/b4-3+/t7-/m0/s1. The molecule has 1 atom stereocenters.